The van der Waals surface area contributed by atoms with Crippen molar-refractivity contribution in [3.05, 3.63) is 63.5 Å². The zero-order valence-electron chi connectivity index (χ0n) is 16.2. The third-order valence-corrected chi connectivity index (χ3v) is 5.05. The molecule has 0 saturated carbocycles. The van der Waals surface area contributed by atoms with Crippen LogP contribution in [0.25, 0.3) is 28.2 Å². The van der Waals surface area contributed by atoms with Gasteiger partial charge in [0, 0.05) is 5.56 Å². The Balaban J connectivity index is 2.05. The molecule has 3 N–H and O–H groups in total. The van der Waals surface area contributed by atoms with Gasteiger partial charge in [-0.1, -0.05) is 29.8 Å². The number of phenolic OH excluding ortho intramolecular Hbond substituents is 1. The van der Waals surface area contributed by atoms with E-state index in [4.69, 9.17) is 14.9 Å². The first-order valence-electron chi connectivity index (χ1n) is 9.31. The van der Waals surface area contributed by atoms with Gasteiger partial charge in [0.15, 0.2) is 5.58 Å². The summed E-state index contributed by atoms with van der Waals surface area (Å²) < 4.78 is 12.0. The Labute approximate surface area is 163 Å². The molecule has 4 rings (SSSR count). The predicted molar refractivity (Wildman–Crippen MR) is 111 cm³/mol. The monoisotopic (exact) mass is 377 g/mol. The topological polar surface area (TPSA) is 85.7 Å². The predicted octanol–water partition coefficient (Wildman–Crippen LogP) is 4.16. The molecule has 0 radical (unpaired) electrons. The first-order valence-corrected chi connectivity index (χ1v) is 9.31. The number of fused-ring (bicyclic) bond motifs is 3. The van der Waals surface area contributed by atoms with Crippen molar-refractivity contribution in [2.24, 2.45) is 5.73 Å². The molecule has 144 valence electrons. The summed E-state index contributed by atoms with van der Waals surface area (Å²) >= 11 is 0. The van der Waals surface area contributed by atoms with Crippen molar-refractivity contribution in [2.45, 2.75) is 32.8 Å². The highest BCUT2D eigenvalue weighted by Gasteiger charge is 2.30. The van der Waals surface area contributed by atoms with Crippen LogP contribution in [0.3, 0.4) is 0 Å². The van der Waals surface area contributed by atoms with Crippen molar-refractivity contribution in [3.63, 3.8) is 0 Å². The van der Waals surface area contributed by atoms with Crippen molar-refractivity contribution < 1.29 is 14.3 Å². The number of rotatable bonds is 3. The number of hydrogen-bond donors (Lipinski definition) is 2. The van der Waals surface area contributed by atoms with E-state index in [1.54, 1.807) is 0 Å². The fourth-order valence-electron chi connectivity index (χ4n) is 3.56. The Morgan fingerprint density at radius 3 is 2.57 bits per heavy atom. The lowest BCUT2D eigenvalue weighted by Gasteiger charge is -2.30. The Morgan fingerprint density at radius 1 is 1.18 bits per heavy atom. The number of hydrogen-bond acceptors (Lipinski definition) is 5. The molecule has 1 aromatic heterocycles. The van der Waals surface area contributed by atoms with E-state index in [1.165, 1.54) is 6.26 Å². The minimum atomic E-state index is -0.529. The van der Waals surface area contributed by atoms with Gasteiger partial charge in [0.25, 0.3) is 0 Å². The highest BCUT2D eigenvalue weighted by atomic mass is 16.5. The third-order valence-electron chi connectivity index (χ3n) is 5.05. The van der Waals surface area contributed by atoms with Crippen LogP contribution in [0.15, 0.2) is 45.8 Å². The Bertz CT molecular complexity index is 1150. The zero-order valence-corrected chi connectivity index (χ0v) is 16.2. The molecular weight excluding hydrogens is 354 g/mol. The number of nitrogens with two attached hydrogens (primary N) is 1. The summed E-state index contributed by atoms with van der Waals surface area (Å²) in [5.41, 5.74) is 8.72. The van der Waals surface area contributed by atoms with Gasteiger partial charge in [-0.3, -0.25) is 4.79 Å². The van der Waals surface area contributed by atoms with E-state index in [2.05, 4.69) is 0 Å². The van der Waals surface area contributed by atoms with Crippen molar-refractivity contribution in [1.82, 2.24) is 0 Å². The average molecular weight is 377 g/mol. The summed E-state index contributed by atoms with van der Waals surface area (Å²) in [7, 11) is 0. The second-order valence-electron chi connectivity index (χ2n) is 7.70. The number of aromatic hydroxyl groups is 1. The molecular formula is C23H23NO4. The summed E-state index contributed by atoms with van der Waals surface area (Å²) in [5, 5.41) is 11.1. The fourth-order valence-corrected chi connectivity index (χ4v) is 3.56. The molecule has 28 heavy (non-hydrogen) atoms. The van der Waals surface area contributed by atoms with E-state index in [9.17, 15) is 9.90 Å². The van der Waals surface area contributed by atoms with Gasteiger partial charge in [0.2, 0.25) is 5.43 Å². The Morgan fingerprint density at radius 2 is 1.89 bits per heavy atom. The van der Waals surface area contributed by atoms with Crippen molar-refractivity contribution in [1.29, 1.82) is 0 Å². The van der Waals surface area contributed by atoms with Crippen LogP contribution in [-0.2, 0) is 6.42 Å². The third kappa shape index (κ3) is 2.88. The number of benzene rings is 2. The second kappa shape index (κ2) is 6.53. The van der Waals surface area contributed by atoms with Crippen LogP contribution in [0, 0.1) is 6.92 Å². The molecule has 1 aliphatic rings. The van der Waals surface area contributed by atoms with Crippen molar-refractivity contribution in [2.75, 3.05) is 6.54 Å². The Kier molecular flexibility index (Phi) is 4.27. The number of ether oxygens (including phenoxy) is 1. The summed E-state index contributed by atoms with van der Waals surface area (Å²) in [5.74, 6) is 0.405. The van der Waals surface area contributed by atoms with Crippen LogP contribution in [0.2, 0.25) is 0 Å². The van der Waals surface area contributed by atoms with Crippen molar-refractivity contribution >= 4 is 17.0 Å². The first kappa shape index (κ1) is 18.3. The molecule has 0 saturated heterocycles. The van der Waals surface area contributed by atoms with Gasteiger partial charge in [-0.2, -0.15) is 0 Å². The quantitative estimate of drug-likeness (QED) is 0.716. The number of aryl methyl sites for hydroxylation is 1. The summed E-state index contributed by atoms with van der Waals surface area (Å²) in [4.78, 5) is 13.3. The van der Waals surface area contributed by atoms with Gasteiger partial charge in [0.05, 0.1) is 11.1 Å². The van der Waals surface area contributed by atoms with E-state index in [0.717, 1.165) is 11.1 Å². The summed E-state index contributed by atoms with van der Waals surface area (Å²) in [6.45, 7) is 6.16. The molecule has 2 heterocycles. The second-order valence-corrected chi connectivity index (χ2v) is 7.70. The van der Waals surface area contributed by atoms with Crippen LogP contribution in [-0.4, -0.2) is 17.3 Å². The van der Waals surface area contributed by atoms with Gasteiger partial charge < -0.3 is 20.0 Å². The van der Waals surface area contributed by atoms with E-state index in [1.807, 2.05) is 57.2 Å². The lowest BCUT2D eigenvalue weighted by atomic mass is 9.94. The minimum Gasteiger partial charge on any atom is -0.507 e. The zero-order chi connectivity index (χ0) is 20.1. The van der Waals surface area contributed by atoms with Gasteiger partial charge >= 0.3 is 0 Å². The SMILES string of the molecule is Cc1ccc(-c2coc3c4c(c(CCN)c(O)c3c2=O)OC(C)(C)C=C4)cc1. The maximum Gasteiger partial charge on any atom is 0.204 e. The molecule has 0 aliphatic carbocycles. The molecule has 0 bridgehead atoms. The number of phenols is 1. The molecule has 2 aromatic carbocycles. The maximum atomic E-state index is 13.3. The first-order chi connectivity index (χ1) is 13.3. The smallest absolute Gasteiger partial charge is 0.204 e. The van der Waals surface area contributed by atoms with Gasteiger partial charge in [0.1, 0.15) is 28.7 Å². The minimum absolute atomic E-state index is 0.118. The molecule has 5 nitrogen and oxygen atoms in total. The molecule has 0 amide bonds. The lowest BCUT2D eigenvalue weighted by molar-refractivity contribution is 0.156. The average Bonchev–Trinajstić information content (AvgIpc) is 2.65. The van der Waals surface area contributed by atoms with E-state index < -0.39 is 5.60 Å². The van der Waals surface area contributed by atoms with Crippen LogP contribution in [0.5, 0.6) is 11.5 Å². The summed E-state index contributed by atoms with van der Waals surface area (Å²) in [6, 6.07) is 7.61. The van der Waals surface area contributed by atoms with Crippen molar-refractivity contribution in [3.8, 4) is 22.6 Å². The van der Waals surface area contributed by atoms with Gasteiger partial charge in [-0.05, 0) is 51.5 Å². The van der Waals surface area contributed by atoms with Gasteiger partial charge in [-0.15, -0.1) is 0 Å². The van der Waals surface area contributed by atoms with Crippen LogP contribution < -0.4 is 15.9 Å². The van der Waals surface area contributed by atoms with Gasteiger partial charge in [-0.25, -0.2) is 0 Å². The molecule has 0 spiro atoms. The molecule has 3 aromatic rings. The molecule has 1 aliphatic heterocycles. The van der Waals surface area contributed by atoms with E-state index >= 15 is 0 Å². The molecule has 0 fully saturated rings. The van der Waals surface area contributed by atoms with E-state index in [-0.39, 0.29) is 16.6 Å². The fraction of sp³-hybridized carbons (Fsp3) is 0.261. The molecule has 0 atom stereocenters. The van der Waals surface area contributed by atoms with Crippen LogP contribution in [0.4, 0.5) is 0 Å². The normalized spacial score (nSPS) is 14.7. The standard InChI is InChI=1S/C23H23NO4/c1-13-4-6-14(7-5-13)17-12-27-22-16-8-10-23(2,3)28-21(16)15(9-11-24)19(25)18(22)20(17)26/h4-8,10,12,25H,9,11,24H2,1-3H3. The van der Waals surface area contributed by atoms with E-state index in [0.29, 0.717) is 41.0 Å². The van der Waals surface area contributed by atoms with Crippen LogP contribution >= 0.6 is 0 Å². The highest BCUT2D eigenvalue weighted by molar-refractivity contribution is 5.97. The maximum absolute atomic E-state index is 13.3. The van der Waals surface area contributed by atoms with Crippen LogP contribution in [0.1, 0.15) is 30.5 Å². The largest absolute Gasteiger partial charge is 0.507 e. The molecule has 0 unspecified atom stereocenters. The molecule has 5 heteroatoms. The summed E-state index contributed by atoms with van der Waals surface area (Å²) in [6.07, 6.45) is 5.63. The lowest BCUT2D eigenvalue weighted by Crippen LogP contribution is -2.28. The Hall–Kier alpha value is -3.05. The highest BCUT2D eigenvalue weighted by Crippen LogP contribution is 2.44.